The number of hydrogen-bond acceptors (Lipinski definition) is 4. The van der Waals surface area contributed by atoms with Crippen molar-refractivity contribution >= 4 is 5.95 Å². The van der Waals surface area contributed by atoms with Gasteiger partial charge in [0.05, 0.1) is 0 Å². The van der Waals surface area contributed by atoms with E-state index in [1.807, 2.05) is 6.92 Å². The van der Waals surface area contributed by atoms with Crippen molar-refractivity contribution in [1.82, 2.24) is 9.97 Å². The first kappa shape index (κ1) is 9.92. The van der Waals surface area contributed by atoms with E-state index in [1.165, 1.54) is 0 Å². The lowest BCUT2D eigenvalue weighted by atomic mass is 10.2. The predicted molar refractivity (Wildman–Crippen MR) is 53.5 cm³/mol. The summed E-state index contributed by atoms with van der Waals surface area (Å²) < 4.78 is 0. The molecule has 72 valence electrons. The largest absolute Gasteiger partial charge is 0.353 e. The van der Waals surface area contributed by atoms with Gasteiger partial charge in [0.15, 0.2) is 0 Å². The van der Waals surface area contributed by atoms with Gasteiger partial charge in [0.2, 0.25) is 5.95 Å². The molecule has 0 aliphatic heterocycles. The molecule has 1 rings (SSSR count). The van der Waals surface area contributed by atoms with Crippen molar-refractivity contribution in [3.8, 4) is 0 Å². The van der Waals surface area contributed by atoms with Gasteiger partial charge >= 0.3 is 0 Å². The second-order valence-electron chi connectivity index (χ2n) is 3.13. The van der Waals surface area contributed by atoms with Gasteiger partial charge in [0.1, 0.15) is 0 Å². The van der Waals surface area contributed by atoms with Gasteiger partial charge in [-0.3, -0.25) is 0 Å². The molecule has 13 heavy (non-hydrogen) atoms. The number of aromatic nitrogens is 2. The highest BCUT2D eigenvalue weighted by Crippen LogP contribution is 1.98. The molecule has 1 heterocycles. The average Bonchev–Trinajstić information content (AvgIpc) is 2.16. The number of rotatable bonds is 4. The Morgan fingerprint density at radius 2 is 2.08 bits per heavy atom. The quantitative estimate of drug-likeness (QED) is 0.723. The molecule has 1 unspecified atom stereocenters. The summed E-state index contributed by atoms with van der Waals surface area (Å²) >= 11 is 0. The summed E-state index contributed by atoms with van der Waals surface area (Å²) in [6, 6.07) is 0.171. The van der Waals surface area contributed by atoms with Crippen LogP contribution < -0.4 is 11.1 Å². The van der Waals surface area contributed by atoms with E-state index >= 15 is 0 Å². The van der Waals surface area contributed by atoms with Crippen molar-refractivity contribution in [1.29, 1.82) is 0 Å². The third-order valence-corrected chi connectivity index (χ3v) is 1.83. The molecule has 0 fully saturated rings. The van der Waals surface area contributed by atoms with Crippen molar-refractivity contribution in [2.75, 3.05) is 11.9 Å². The Labute approximate surface area is 78.6 Å². The second-order valence-corrected chi connectivity index (χ2v) is 3.13. The number of aryl methyl sites for hydroxylation is 1. The van der Waals surface area contributed by atoms with Gasteiger partial charge in [-0.05, 0) is 18.9 Å². The van der Waals surface area contributed by atoms with E-state index in [9.17, 15) is 0 Å². The lowest BCUT2D eigenvalue weighted by molar-refractivity contribution is 0.676. The van der Waals surface area contributed by atoms with E-state index in [1.54, 1.807) is 12.4 Å². The van der Waals surface area contributed by atoms with Crippen molar-refractivity contribution in [2.45, 2.75) is 26.3 Å². The highest BCUT2D eigenvalue weighted by molar-refractivity contribution is 5.24. The van der Waals surface area contributed by atoms with Gasteiger partial charge < -0.3 is 11.1 Å². The number of anilines is 1. The molecule has 1 atom stereocenters. The molecule has 1 aromatic rings. The molecule has 0 spiro atoms. The van der Waals surface area contributed by atoms with Crippen molar-refractivity contribution in [2.24, 2.45) is 5.73 Å². The van der Waals surface area contributed by atoms with Gasteiger partial charge in [-0.1, -0.05) is 6.92 Å². The maximum absolute atomic E-state index is 5.73. The number of nitrogens with one attached hydrogen (secondary N) is 1. The maximum Gasteiger partial charge on any atom is 0.222 e. The topological polar surface area (TPSA) is 63.8 Å². The van der Waals surface area contributed by atoms with E-state index in [-0.39, 0.29) is 6.04 Å². The van der Waals surface area contributed by atoms with Crippen LogP contribution in [-0.4, -0.2) is 22.6 Å². The van der Waals surface area contributed by atoms with Crippen LogP contribution in [0.4, 0.5) is 5.95 Å². The zero-order valence-corrected chi connectivity index (χ0v) is 8.12. The summed E-state index contributed by atoms with van der Waals surface area (Å²) in [7, 11) is 0. The lowest BCUT2D eigenvalue weighted by Gasteiger charge is -2.09. The first-order valence-electron chi connectivity index (χ1n) is 4.50. The summed E-state index contributed by atoms with van der Waals surface area (Å²) in [6.07, 6.45) is 4.53. The smallest absolute Gasteiger partial charge is 0.222 e. The van der Waals surface area contributed by atoms with Crippen molar-refractivity contribution < 1.29 is 0 Å². The molecule has 0 aliphatic rings. The Bertz CT molecular complexity index is 244. The van der Waals surface area contributed by atoms with E-state index < -0.39 is 0 Å². The summed E-state index contributed by atoms with van der Waals surface area (Å²) in [5.74, 6) is 0.648. The van der Waals surface area contributed by atoms with E-state index in [0.717, 1.165) is 18.5 Å². The van der Waals surface area contributed by atoms with Gasteiger partial charge in [0.25, 0.3) is 0 Å². The zero-order valence-electron chi connectivity index (χ0n) is 8.12. The Morgan fingerprint density at radius 3 is 2.62 bits per heavy atom. The van der Waals surface area contributed by atoms with Gasteiger partial charge in [0, 0.05) is 25.0 Å². The van der Waals surface area contributed by atoms with Crippen LogP contribution >= 0.6 is 0 Å². The molecule has 0 saturated carbocycles. The highest BCUT2D eigenvalue weighted by atomic mass is 15.1. The van der Waals surface area contributed by atoms with Crippen LogP contribution in [0.2, 0.25) is 0 Å². The molecule has 4 heteroatoms. The summed E-state index contributed by atoms with van der Waals surface area (Å²) in [5, 5.41) is 3.08. The normalized spacial score (nSPS) is 12.5. The monoisotopic (exact) mass is 180 g/mol. The van der Waals surface area contributed by atoms with Crippen LogP contribution in [0.5, 0.6) is 0 Å². The van der Waals surface area contributed by atoms with Crippen LogP contribution in [0.15, 0.2) is 12.4 Å². The molecule has 0 amide bonds. The number of nitrogens with two attached hydrogens (primary N) is 1. The molecule has 4 nitrogen and oxygen atoms in total. The first-order valence-corrected chi connectivity index (χ1v) is 4.50. The van der Waals surface area contributed by atoms with Crippen LogP contribution in [0, 0.1) is 6.92 Å². The van der Waals surface area contributed by atoms with Crippen molar-refractivity contribution in [3.63, 3.8) is 0 Å². The third-order valence-electron chi connectivity index (χ3n) is 1.83. The molecule has 0 saturated heterocycles. The van der Waals surface area contributed by atoms with E-state index in [4.69, 9.17) is 5.73 Å². The fourth-order valence-corrected chi connectivity index (χ4v) is 0.851. The van der Waals surface area contributed by atoms with Crippen LogP contribution in [-0.2, 0) is 0 Å². The third kappa shape index (κ3) is 3.38. The first-order chi connectivity index (χ1) is 6.22. The lowest BCUT2D eigenvalue weighted by Crippen LogP contribution is -2.28. The Hall–Kier alpha value is -1.16. The Kier molecular flexibility index (Phi) is 3.64. The minimum Gasteiger partial charge on any atom is -0.353 e. The zero-order chi connectivity index (χ0) is 9.68. The summed E-state index contributed by atoms with van der Waals surface area (Å²) in [6.45, 7) is 4.74. The standard InChI is InChI=1S/C9H16N4/c1-3-8(10)6-13-9-11-4-7(2)5-12-9/h4-5,8H,3,6,10H2,1-2H3,(H,11,12,13). The molecule has 3 N–H and O–H groups in total. The predicted octanol–water partition coefficient (Wildman–Crippen LogP) is 0.934. The molecule has 1 aromatic heterocycles. The summed E-state index contributed by atoms with van der Waals surface area (Å²) in [5.41, 5.74) is 6.79. The molecule has 0 aromatic carbocycles. The minimum atomic E-state index is 0.171. The SMILES string of the molecule is CCC(N)CNc1ncc(C)cn1. The van der Waals surface area contributed by atoms with Crippen LogP contribution in [0.25, 0.3) is 0 Å². The number of hydrogen-bond donors (Lipinski definition) is 2. The Morgan fingerprint density at radius 1 is 1.46 bits per heavy atom. The summed E-state index contributed by atoms with van der Waals surface area (Å²) in [4.78, 5) is 8.21. The Balaban J connectivity index is 2.41. The second kappa shape index (κ2) is 4.77. The van der Waals surface area contributed by atoms with Gasteiger partial charge in [-0.15, -0.1) is 0 Å². The van der Waals surface area contributed by atoms with Gasteiger partial charge in [-0.2, -0.15) is 0 Å². The van der Waals surface area contributed by atoms with Crippen LogP contribution in [0.3, 0.4) is 0 Å². The molecule has 0 aliphatic carbocycles. The fourth-order valence-electron chi connectivity index (χ4n) is 0.851. The van der Waals surface area contributed by atoms with Gasteiger partial charge in [-0.25, -0.2) is 9.97 Å². The molecule has 0 radical (unpaired) electrons. The highest BCUT2D eigenvalue weighted by Gasteiger charge is 1.99. The minimum absolute atomic E-state index is 0.171. The maximum atomic E-state index is 5.73. The average molecular weight is 180 g/mol. The van der Waals surface area contributed by atoms with Crippen molar-refractivity contribution in [3.05, 3.63) is 18.0 Å². The number of nitrogens with zero attached hydrogens (tertiary/aromatic N) is 2. The molecular weight excluding hydrogens is 164 g/mol. The fraction of sp³-hybridized carbons (Fsp3) is 0.556. The van der Waals surface area contributed by atoms with Crippen LogP contribution in [0.1, 0.15) is 18.9 Å². The molecule has 0 bridgehead atoms. The molecular formula is C9H16N4. The van der Waals surface area contributed by atoms with E-state index in [0.29, 0.717) is 5.95 Å². The van der Waals surface area contributed by atoms with E-state index in [2.05, 4.69) is 22.2 Å².